The van der Waals surface area contributed by atoms with Gasteiger partial charge in [-0.1, -0.05) is 41.6 Å². The Kier molecular flexibility index (Phi) is 2.34. The Morgan fingerprint density at radius 1 is 0.944 bits per heavy atom. The van der Waals surface area contributed by atoms with Gasteiger partial charge in [-0.25, -0.2) is 0 Å². The van der Waals surface area contributed by atoms with Crippen LogP contribution in [-0.4, -0.2) is 16.8 Å². The summed E-state index contributed by atoms with van der Waals surface area (Å²) >= 11 is 0. The van der Waals surface area contributed by atoms with E-state index in [0.29, 0.717) is 5.56 Å². The Morgan fingerprint density at radius 3 is 2.33 bits per heavy atom. The van der Waals surface area contributed by atoms with Gasteiger partial charge in [-0.15, -0.1) is 0 Å². The fourth-order valence-electron chi connectivity index (χ4n) is 2.13. The van der Waals surface area contributed by atoms with E-state index in [9.17, 15) is 4.79 Å². The predicted molar refractivity (Wildman–Crippen MR) is 68.4 cm³/mol. The first-order chi connectivity index (χ1) is 8.83. The normalized spacial score (nSPS) is 16.1. The summed E-state index contributed by atoms with van der Waals surface area (Å²) < 4.78 is 0. The summed E-state index contributed by atoms with van der Waals surface area (Å²) in [6, 6.07) is 16.6. The van der Waals surface area contributed by atoms with Crippen molar-refractivity contribution in [2.24, 2.45) is 5.16 Å². The molecule has 1 aliphatic heterocycles. The van der Waals surface area contributed by atoms with Crippen molar-refractivity contribution in [3.05, 3.63) is 60.2 Å². The van der Waals surface area contributed by atoms with E-state index in [0.717, 1.165) is 11.4 Å². The molecule has 2 aromatic carbocycles. The van der Waals surface area contributed by atoms with Gasteiger partial charge in [0.1, 0.15) is 0 Å². The number of benzene rings is 2. The third kappa shape index (κ3) is 1.39. The molecule has 18 heavy (non-hydrogen) atoms. The number of rotatable bonds is 1. The van der Waals surface area contributed by atoms with Gasteiger partial charge in [0.25, 0.3) is 5.91 Å². The Morgan fingerprint density at radius 2 is 1.61 bits per heavy atom. The van der Waals surface area contributed by atoms with E-state index in [1.807, 2.05) is 48.5 Å². The lowest BCUT2D eigenvalue weighted by atomic mass is 10.1. The number of oxime groups is 1. The zero-order valence-electron chi connectivity index (χ0n) is 9.45. The third-order valence-electron chi connectivity index (χ3n) is 2.92. The summed E-state index contributed by atoms with van der Waals surface area (Å²) in [4.78, 5) is 13.8. The molecule has 1 aliphatic rings. The molecule has 0 aromatic heterocycles. The fraction of sp³-hybridized carbons (Fsp3) is 0. The lowest BCUT2D eigenvalue weighted by Gasteiger charge is -2.16. The Balaban J connectivity index is 2.21. The maximum absolute atomic E-state index is 12.2. The Labute approximate surface area is 104 Å². The van der Waals surface area contributed by atoms with Crippen LogP contribution in [0.2, 0.25) is 0 Å². The molecule has 0 atom stereocenters. The minimum absolute atomic E-state index is 0.0782. The molecule has 0 radical (unpaired) electrons. The zero-order valence-corrected chi connectivity index (χ0v) is 9.45. The third-order valence-corrected chi connectivity index (χ3v) is 2.92. The summed E-state index contributed by atoms with van der Waals surface area (Å²) in [7, 11) is 0. The number of hydrogen-bond donors (Lipinski definition) is 1. The molecule has 4 nitrogen and oxygen atoms in total. The number of para-hydroxylation sites is 2. The highest BCUT2D eigenvalue weighted by atomic mass is 16.4. The summed E-state index contributed by atoms with van der Waals surface area (Å²) in [6.45, 7) is 0. The molecule has 1 N–H and O–H groups in total. The quantitative estimate of drug-likeness (QED) is 0.613. The minimum Gasteiger partial charge on any atom is -0.410 e. The highest BCUT2D eigenvalue weighted by Gasteiger charge is 2.35. The van der Waals surface area contributed by atoms with Crippen LogP contribution in [0.25, 0.3) is 0 Å². The summed E-state index contributed by atoms with van der Waals surface area (Å²) in [6.07, 6.45) is 0. The second-order valence-electron chi connectivity index (χ2n) is 3.94. The fourth-order valence-corrected chi connectivity index (χ4v) is 2.13. The van der Waals surface area contributed by atoms with Gasteiger partial charge in [-0.05, 0) is 18.2 Å². The first-order valence-electron chi connectivity index (χ1n) is 5.54. The maximum atomic E-state index is 12.2. The highest BCUT2D eigenvalue weighted by molar-refractivity contribution is 6.55. The molecule has 0 bridgehead atoms. The van der Waals surface area contributed by atoms with Crippen LogP contribution in [0, 0.1) is 0 Å². The van der Waals surface area contributed by atoms with Crippen molar-refractivity contribution in [2.75, 3.05) is 4.90 Å². The van der Waals surface area contributed by atoms with Crippen molar-refractivity contribution >= 4 is 23.0 Å². The molecule has 0 saturated carbocycles. The summed E-state index contributed by atoms with van der Waals surface area (Å²) in [5, 5.41) is 12.1. The van der Waals surface area contributed by atoms with Crippen LogP contribution in [0.5, 0.6) is 0 Å². The largest absolute Gasteiger partial charge is 0.410 e. The van der Waals surface area contributed by atoms with Crippen molar-refractivity contribution in [1.29, 1.82) is 0 Å². The first-order valence-corrected chi connectivity index (χ1v) is 5.54. The molecule has 2 aromatic rings. The Bertz CT molecular complexity index is 635. The molecular formula is C14H10N2O2. The smallest absolute Gasteiger partial charge is 0.285 e. The lowest BCUT2D eigenvalue weighted by molar-refractivity contribution is -0.111. The molecular weight excluding hydrogens is 228 g/mol. The number of amides is 1. The molecule has 0 unspecified atom stereocenters. The van der Waals surface area contributed by atoms with Crippen LogP contribution in [-0.2, 0) is 4.79 Å². The lowest BCUT2D eigenvalue weighted by Crippen LogP contribution is -2.25. The number of carbonyl (C=O) groups is 1. The molecule has 1 amide bonds. The second-order valence-corrected chi connectivity index (χ2v) is 3.94. The van der Waals surface area contributed by atoms with E-state index in [1.165, 1.54) is 0 Å². The van der Waals surface area contributed by atoms with E-state index < -0.39 is 0 Å². The van der Waals surface area contributed by atoms with Crippen LogP contribution < -0.4 is 4.90 Å². The monoisotopic (exact) mass is 238 g/mol. The molecule has 0 saturated heterocycles. The van der Waals surface area contributed by atoms with Gasteiger partial charge >= 0.3 is 0 Å². The van der Waals surface area contributed by atoms with Crippen LogP contribution in [0.15, 0.2) is 59.8 Å². The second kappa shape index (κ2) is 4.00. The minimum atomic E-state index is -0.315. The van der Waals surface area contributed by atoms with Gasteiger partial charge < -0.3 is 5.21 Å². The zero-order chi connectivity index (χ0) is 12.5. The molecule has 1 heterocycles. The molecule has 0 fully saturated rings. The number of nitrogens with zero attached hydrogens (tertiary/aromatic N) is 2. The van der Waals surface area contributed by atoms with Gasteiger partial charge in [0.15, 0.2) is 5.71 Å². The van der Waals surface area contributed by atoms with Crippen molar-refractivity contribution in [1.82, 2.24) is 0 Å². The summed E-state index contributed by atoms with van der Waals surface area (Å²) in [5.41, 5.74) is 2.22. The molecule has 3 rings (SSSR count). The number of carbonyl (C=O) groups excluding carboxylic acids is 1. The van der Waals surface area contributed by atoms with Gasteiger partial charge in [0, 0.05) is 11.3 Å². The van der Waals surface area contributed by atoms with E-state index in [-0.39, 0.29) is 11.6 Å². The average molecular weight is 238 g/mol. The molecule has 0 aliphatic carbocycles. The molecule has 0 spiro atoms. The SMILES string of the molecule is O=C1/C(=N\O)c2ccccc2N1c1ccccc1. The van der Waals surface area contributed by atoms with Gasteiger partial charge in [-0.3, -0.25) is 9.69 Å². The van der Waals surface area contributed by atoms with Crippen LogP contribution in [0.1, 0.15) is 5.56 Å². The maximum Gasteiger partial charge on any atom is 0.285 e. The van der Waals surface area contributed by atoms with Gasteiger partial charge in [0.2, 0.25) is 0 Å². The first kappa shape index (κ1) is 10.5. The van der Waals surface area contributed by atoms with Crippen LogP contribution in [0.3, 0.4) is 0 Å². The molecule has 88 valence electrons. The highest BCUT2D eigenvalue weighted by Crippen LogP contribution is 2.35. The summed E-state index contributed by atoms with van der Waals surface area (Å²) in [5.74, 6) is -0.315. The van der Waals surface area contributed by atoms with Crippen molar-refractivity contribution in [2.45, 2.75) is 0 Å². The number of fused-ring (bicyclic) bond motifs is 1. The van der Waals surface area contributed by atoms with Crippen LogP contribution in [0.4, 0.5) is 11.4 Å². The standard InChI is InChI=1S/C14H10N2O2/c17-14-13(15-18)11-8-4-5-9-12(11)16(14)10-6-2-1-3-7-10/h1-9,18H/b15-13-. The van der Waals surface area contributed by atoms with Gasteiger partial charge in [0.05, 0.1) is 5.69 Å². The topological polar surface area (TPSA) is 52.9 Å². The number of anilines is 2. The van der Waals surface area contributed by atoms with Crippen molar-refractivity contribution in [3.63, 3.8) is 0 Å². The van der Waals surface area contributed by atoms with E-state index in [1.54, 1.807) is 11.0 Å². The van der Waals surface area contributed by atoms with E-state index >= 15 is 0 Å². The average Bonchev–Trinajstić information content (AvgIpc) is 2.71. The predicted octanol–water partition coefficient (Wildman–Crippen LogP) is 2.54. The van der Waals surface area contributed by atoms with E-state index in [4.69, 9.17) is 5.21 Å². The van der Waals surface area contributed by atoms with E-state index in [2.05, 4.69) is 5.16 Å². The molecule has 4 heteroatoms. The van der Waals surface area contributed by atoms with Crippen molar-refractivity contribution < 1.29 is 10.0 Å². The Hall–Kier alpha value is -2.62. The van der Waals surface area contributed by atoms with Crippen molar-refractivity contribution in [3.8, 4) is 0 Å². The van der Waals surface area contributed by atoms with Gasteiger partial charge in [-0.2, -0.15) is 0 Å². The van der Waals surface area contributed by atoms with Crippen LogP contribution >= 0.6 is 0 Å². The number of hydrogen-bond acceptors (Lipinski definition) is 3.